The molecule has 3 nitrogen and oxygen atoms in total. The van der Waals surface area contributed by atoms with Gasteiger partial charge in [-0.1, -0.05) is 20.3 Å². The number of nitrogens with two attached hydrogens (primary N) is 1. The predicted molar refractivity (Wildman–Crippen MR) is 77.7 cm³/mol. The van der Waals surface area contributed by atoms with E-state index in [-0.39, 0.29) is 12.0 Å². The normalized spacial score (nSPS) is 32.9. The van der Waals surface area contributed by atoms with Gasteiger partial charge < -0.3 is 10.6 Å². The van der Waals surface area contributed by atoms with E-state index in [2.05, 4.69) is 18.7 Å². The van der Waals surface area contributed by atoms with Crippen LogP contribution in [0.4, 0.5) is 0 Å². The van der Waals surface area contributed by atoms with Crippen molar-refractivity contribution in [1.29, 1.82) is 0 Å². The first-order valence-corrected chi connectivity index (χ1v) is 8.15. The lowest BCUT2D eigenvalue weighted by atomic mass is 9.85. The van der Waals surface area contributed by atoms with Gasteiger partial charge in [-0.15, -0.1) is 0 Å². The summed E-state index contributed by atoms with van der Waals surface area (Å²) in [6.07, 6.45) is 5.24. The average molecular weight is 270 g/mol. The fourth-order valence-corrected chi connectivity index (χ4v) is 4.05. The van der Waals surface area contributed by atoms with Crippen molar-refractivity contribution in [2.24, 2.45) is 11.7 Å². The molecule has 1 saturated carbocycles. The molecule has 18 heavy (non-hydrogen) atoms. The first-order valence-electron chi connectivity index (χ1n) is 7.16. The van der Waals surface area contributed by atoms with Crippen LogP contribution in [0.5, 0.6) is 0 Å². The van der Waals surface area contributed by atoms with E-state index in [1.165, 1.54) is 0 Å². The van der Waals surface area contributed by atoms with E-state index < -0.39 is 0 Å². The van der Waals surface area contributed by atoms with Gasteiger partial charge in [0.15, 0.2) is 0 Å². The van der Waals surface area contributed by atoms with Crippen LogP contribution in [0.25, 0.3) is 0 Å². The van der Waals surface area contributed by atoms with Gasteiger partial charge in [-0.3, -0.25) is 4.79 Å². The summed E-state index contributed by atoms with van der Waals surface area (Å²) in [6, 6.07) is 0.241. The highest BCUT2D eigenvalue weighted by Crippen LogP contribution is 2.32. The van der Waals surface area contributed by atoms with Gasteiger partial charge in [0.25, 0.3) is 0 Å². The van der Waals surface area contributed by atoms with Crippen LogP contribution < -0.4 is 5.73 Å². The minimum atomic E-state index is 0.194. The van der Waals surface area contributed by atoms with Crippen molar-refractivity contribution in [3.05, 3.63) is 0 Å². The Bertz CT molecular complexity index is 306. The Morgan fingerprint density at radius 3 is 2.83 bits per heavy atom. The first kappa shape index (κ1) is 14.2. The molecule has 2 unspecified atom stereocenters. The topological polar surface area (TPSA) is 46.3 Å². The van der Waals surface area contributed by atoms with E-state index in [0.29, 0.717) is 10.7 Å². The van der Waals surface area contributed by atoms with Gasteiger partial charge in [-0.05, 0) is 25.7 Å². The second-order valence-corrected chi connectivity index (χ2v) is 8.11. The molecule has 1 aliphatic heterocycles. The minimum absolute atomic E-state index is 0.194. The zero-order valence-corrected chi connectivity index (χ0v) is 12.5. The van der Waals surface area contributed by atoms with Crippen LogP contribution in [0.15, 0.2) is 0 Å². The molecular weight excluding hydrogens is 244 g/mol. The third kappa shape index (κ3) is 3.64. The van der Waals surface area contributed by atoms with Gasteiger partial charge >= 0.3 is 0 Å². The summed E-state index contributed by atoms with van der Waals surface area (Å²) < 4.78 is 0.317. The Balaban J connectivity index is 1.92. The Labute approximate surface area is 115 Å². The summed E-state index contributed by atoms with van der Waals surface area (Å²) in [7, 11) is 0. The number of amides is 1. The molecule has 1 heterocycles. The number of hydrogen-bond donors (Lipinski definition) is 1. The maximum atomic E-state index is 12.5. The molecule has 0 radical (unpaired) electrons. The van der Waals surface area contributed by atoms with Crippen LogP contribution in [-0.4, -0.2) is 40.4 Å². The SMILES string of the molecule is CC1(C)CCN(C(=O)C2CCCC(N)C2)CCS1. The van der Waals surface area contributed by atoms with E-state index in [0.717, 1.165) is 50.9 Å². The molecule has 0 bridgehead atoms. The molecule has 1 amide bonds. The number of nitrogens with zero attached hydrogens (tertiary/aromatic N) is 1. The highest BCUT2D eigenvalue weighted by Gasteiger charge is 2.31. The monoisotopic (exact) mass is 270 g/mol. The van der Waals surface area contributed by atoms with Crippen LogP contribution in [0, 0.1) is 5.92 Å². The predicted octanol–water partition coefficient (Wildman–Crippen LogP) is 2.25. The smallest absolute Gasteiger partial charge is 0.225 e. The number of rotatable bonds is 1. The van der Waals surface area contributed by atoms with Crippen molar-refractivity contribution >= 4 is 17.7 Å². The fourth-order valence-electron chi connectivity index (χ4n) is 2.95. The molecule has 4 heteroatoms. The molecule has 0 aromatic heterocycles. The van der Waals surface area contributed by atoms with Gasteiger partial charge in [0.2, 0.25) is 5.91 Å². The highest BCUT2D eigenvalue weighted by molar-refractivity contribution is 8.00. The largest absolute Gasteiger partial charge is 0.342 e. The number of thioether (sulfide) groups is 1. The molecule has 0 spiro atoms. The zero-order chi connectivity index (χ0) is 13.2. The lowest BCUT2D eigenvalue weighted by Crippen LogP contribution is -2.41. The summed E-state index contributed by atoms with van der Waals surface area (Å²) in [6.45, 7) is 6.40. The molecule has 2 rings (SSSR count). The molecule has 2 aliphatic rings. The molecule has 2 fully saturated rings. The molecule has 104 valence electrons. The third-order valence-electron chi connectivity index (χ3n) is 4.21. The Hall–Kier alpha value is -0.220. The van der Waals surface area contributed by atoms with Crippen molar-refractivity contribution in [2.75, 3.05) is 18.8 Å². The number of carbonyl (C=O) groups excluding carboxylic acids is 1. The van der Waals surface area contributed by atoms with E-state index in [9.17, 15) is 4.79 Å². The summed E-state index contributed by atoms with van der Waals surface area (Å²) in [5, 5.41) is 0. The zero-order valence-electron chi connectivity index (χ0n) is 11.7. The van der Waals surface area contributed by atoms with Gasteiger partial charge in [0.05, 0.1) is 0 Å². The van der Waals surface area contributed by atoms with E-state index in [4.69, 9.17) is 5.73 Å². The lowest BCUT2D eigenvalue weighted by Gasteiger charge is -2.31. The first-order chi connectivity index (χ1) is 8.48. The molecule has 2 atom stereocenters. The Morgan fingerprint density at radius 1 is 1.33 bits per heavy atom. The second-order valence-electron chi connectivity index (χ2n) is 6.31. The van der Waals surface area contributed by atoms with Crippen molar-refractivity contribution in [3.63, 3.8) is 0 Å². The second kappa shape index (κ2) is 5.83. The summed E-state index contributed by atoms with van der Waals surface area (Å²) in [5.41, 5.74) is 5.99. The van der Waals surface area contributed by atoms with E-state index in [1.807, 2.05) is 11.8 Å². The van der Waals surface area contributed by atoms with Crippen molar-refractivity contribution in [1.82, 2.24) is 4.90 Å². The Morgan fingerprint density at radius 2 is 2.11 bits per heavy atom. The summed E-state index contributed by atoms with van der Waals surface area (Å²) in [5.74, 6) is 1.63. The minimum Gasteiger partial charge on any atom is -0.342 e. The van der Waals surface area contributed by atoms with Gasteiger partial charge in [0, 0.05) is 35.5 Å². The summed E-state index contributed by atoms with van der Waals surface area (Å²) >= 11 is 1.99. The maximum absolute atomic E-state index is 12.5. The molecule has 1 saturated heterocycles. The molecule has 0 aromatic carbocycles. The standard InChI is InChI=1S/C14H26N2OS/c1-14(2)6-7-16(8-9-18-14)13(17)11-4-3-5-12(15)10-11/h11-12H,3-10,15H2,1-2H3. The Kier molecular flexibility index (Phi) is 4.59. The number of hydrogen-bond acceptors (Lipinski definition) is 3. The van der Waals surface area contributed by atoms with Crippen molar-refractivity contribution in [2.45, 2.75) is 56.7 Å². The van der Waals surface area contributed by atoms with Crippen molar-refractivity contribution in [3.8, 4) is 0 Å². The third-order valence-corrected chi connectivity index (χ3v) is 5.59. The molecule has 2 N–H and O–H groups in total. The molecule has 1 aliphatic carbocycles. The average Bonchev–Trinajstić information content (AvgIpc) is 2.49. The fraction of sp³-hybridized carbons (Fsp3) is 0.929. The van der Waals surface area contributed by atoms with Crippen LogP contribution in [0.2, 0.25) is 0 Å². The van der Waals surface area contributed by atoms with Crippen LogP contribution in [0.3, 0.4) is 0 Å². The van der Waals surface area contributed by atoms with Crippen LogP contribution in [-0.2, 0) is 4.79 Å². The maximum Gasteiger partial charge on any atom is 0.225 e. The van der Waals surface area contributed by atoms with Gasteiger partial charge in [-0.25, -0.2) is 0 Å². The van der Waals surface area contributed by atoms with Crippen LogP contribution >= 0.6 is 11.8 Å². The van der Waals surface area contributed by atoms with Crippen LogP contribution in [0.1, 0.15) is 46.0 Å². The molecular formula is C14H26N2OS. The lowest BCUT2D eigenvalue weighted by molar-refractivity contribution is -0.136. The van der Waals surface area contributed by atoms with Crippen molar-refractivity contribution < 1.29 is 4.79 Å². The van der Waals surface area contributed by atoms with E-state index in [1.54, 1.807) is 0 Å². The van der Waals surface area contributed by atoms with Gasteiger partial charge in [0.1, 0.15) is 0 Å². The van der Waals surface area contributed by atoms with Gasteiger partial charge in [-0.2, -0.15) is 11.8 Å². The quantitative estimate of drug-likeness (QED) is 0.795. The highest BCUT2D eigenvalue weighted by atomic mass is 32.2. The number of carbonyl (C=O) groups is 1. The van der Waals surface area contributed by atoms with E-state index >= 15 is 0 Å². The molecule has 0 aromatic rings. The summed E-state index contributed by atoms with van der Waals surface area (Å²) in [4.78, 5) is 14.6.